The number of nitrogens with zero attached hydrogens (tertiary/aromatic N) is 1. The predicted octanol–water partition coefficient (Wildman–Crippen LogP) is 2.58. The number of anilines is 1. The summed E-state index contributed by atoms with van der Waals surface area (Å²) in [5.41, 5.74) is 5.58. The second-order valence-electron chi connectivity index (χ2n) is 5.28. The van der Waals surface area contributed by atoms with E-state index in [1.807, 2.05) is 0 Å². The summed E-state index contributed by atoms with van der Waals surface area (Å²) in [5, 5.41) is 13.0. The van der Waals surface area contributed by atoms with Gasteiger partial charge in [0.1, 0.15) is 5.75 Å². The van der Waals surface area contributed by atoms with Crippen LogP contribution in [0.15, 0.2) is 53.4 Å². The lowest BCUT2D eigenvalue weighted by atomic mass is 10.3. The highest BCUT2D eigenvalue weighted by atomic mass is 32.2. The maximum absolute atomic E-state index is 12.3. The van der Waals surface area contributed by atoms with Crippen LogP contribution in [0, 0.1) is 10.1 Å². The van der Waals surface area contributed by atoms with Gasteiger partial charge < -0.3 is 15.8 Å². The Hall–Kier alpha value is -3.07. The van der Waals surface area contributed by atoms with Gasteiger partial charge in [0.25, 0.3) is 11.6 Å². The number of nitro groups is 1. The van der Waals surface area contributed by atoms with E-state index in [0.29, 0.717) is 11.4 Å². The van der Waals surface area contributed by atoms with E-state index in [9.17, 15) is 19.7 Å². The van der Waals surface area contributed by atoms with Gasteiger partial charge in [-0.25, -0.2) is 0 Å². The molecule has 9 heteroatoms. The van der Waals surface area contributed by atoms with Gasteiger partial charge in [-0.05, 0) is 43.3 Å². The first kappa shape index (κ1) is 19.3. The lowest BCUT2D eigenvalue weighted by Gasteiger charge is -2.12. The summed E-state index contributed by atoms with van der Waals surface area (Å²) in [6, 6.07) is 12.6. The monoisotopic (exact) mass is 375 g/mol. The predicted molar refractivity (Wildman–Crippen MR) is 98.2 cm³/mol. The van der Waals surface area contributed by atoms with E-state index in [2.05, 4.69) is 5.32 Å². The molecule has 0 fully saturated rings. The quantitative estimate of drug-likeness (QED) is 0.415. The van der Waals surface area contributed by atoms with Gasteiger partial charge >= 0.3 is 0 Å². The van der Waals surface area contributed by atoms with Gasteiger partial charge in [-0.15, -0.1) is 11.8 Å². The maximum atomic E-state index is 12.3. The van der Waals surface area contributed by atoms with Crippen LogP contribution in [0.3, 0.4) is 0 Å². The van der Waals surface area contributed by atoms with Crippen molar-refractivity contribution in [2.75, 3.05) is 11.9 Å². The molecule has 2 aromatic rings. The minimum absolute atomic E-state index is 0.00472. The lowest BCUT2D eigenvalue weighted by molar-refractivity contribution is -0.384. The van der Waals surface area contributed by atoms with Gasteiger partial charge in [-0.3, -0.25) is 19.7 Å². The summed E-state index contributed by atoms with van der Waals surface area (Å²) in [6.07, 6.45) is 0. The molecular weight excluding hydrogens is 358 g/mol. The maximum Gasteiger partial charge on any atom is 0.269 e. The Bertz CT molecular complexity index is 793. The summed E-state index contributed by atoms with van der Waals surface area (Å²) in [5.74, 6) is -0.311. The number of non-ortho nitro benzene ring substituents is 1. The second-order valence-corrected chi connectivity index (χ2v) is 6.69. The average molecular weight is 375 g/mol. The third-order valence-corrected chi connectivity index (χ3v) is 4.34. The number of primary amides is 1. The van der Waals surface area contributed by atoms with Gasteiger partial charge in [0.05, 0.1) is 10.2 Å². The number of hydrogen-bond donors (Lipinski definition) is 2. The van der Waals surface area contributed by atoms with Crippen LogP contribution in [0.4, 0.5) is 11.4 Å². The molecule has 1 atom stereocenters. The van der Waals surface area contributed by atoms with Gasteiger partial charge in [0.15, 0.2) is 6.61 Å². The molecule has 0 aliphatic rings. The number of ether oxygens (including phenoxy) is 1. The van der Waals surface area contributed by atoms with E-state index in [1.165, 1.54) is 23.9 Å². The van der Waals surface area contributed by atoms with Gasteiger partial charge in [-0.1, -0.05) is 0 Å². The van der Waals surface area contributed by atoms with Crippen LogP contribution in [0.1, 0.15) is 6.92 Å². The van der Waals surface area contributed by atoms with Crippen LogP contribution in [0.2, 0.25) is 0 Å². The van der Waals surface area contributed by atoms with E-state index < -0.39 is 16.1 Å². The van der Waals surface area contributed by atoms with E-state index >= 15 is 0 Å². The summed E-state index contributed by atoms with van der Waals surface area (Å²) < 4.78 is 5.14. The third kappa shape index (κ3) is 5.78. The van der Waals surface area contributed by atoms with E-state index in [1.54, 1.807) is 43.3 Å². The number of thioether (sulfide) groups is 1. The number of nitrogens with one attached hydrogen (secondary N) is 1. The molecule has 0 aromatic heterocycles. The number of carbonyl (C=O) groups is 2. The number of rotatable bonds is 8. The molecule has 2 rings (SSSR count). The number of carbonyl (C=O) groups excluding carboxylic acids is 2. The fraction of sp³-hybridized carbons (Fsp3) is 0.176. The normalized spacial score (nSPS) is 11.4. The fourth-order valence-electron chi connectivity index (χ4n) is 1.94. The molecule has 0 aliphatic carbocycles. The van der Waals surface area contributed by atoms with Gasteiger partial charge in [0.2, 0.25) is 5.91 Å². The average Bonchev–Trinajstić information content (AvgIpc) is 2.61. The molecule has 2 aromatic carbocycles. The number of hydrogen-bond acceptors (Lipinski definition) is 6. The van der Waals surface area contributed by atoms with Crippen LogP contribution >= 0.6 is 11.8 Å². The number of amides is 2. The molecule has 0 saturated heterocycles. The van der Waals surface area contributed by atoms with Crippen LogP contribution in [-0.2, 0) is 9.59 Å². The standard InChI is InChI=1S/C17H17N3O5S/c1-11(26-15-8-4-13(5-9-15)20(23)24)17(22)19-12-2-6-14(7-3-12)25-10-16(18)21/h2-9,11H,10H2,1H3,(H2,18,21)(H,19,22). The number of benzene rings is 2. The van der Waals surface area contributed by atoms with Crippen LogP contribution in [0.5, 0.6) is 5.75 Å². The number of nitrogens with two attached hydrogens (primary N) is 1. The Morgan fingerprint density at radius 1 is 1.19 bits per heavy atom. The summed E-state index contributed by atoms with van der Waals surface area (Å²) in [7, 11) is 0. The van der Waals surface area contributed by atoms with E-state index in [0.717, 1.165) is 4.90 Å². The Kier molecular flexibility index (Phi) is 6.56. The van der Waals surface area contributed by atoms with Crippen molar-refractivity contribution >= 4 is 35.0 Å². The van der Waals surface area contributed by atoms with Gasteiger partial charge in [0, 0.05) is 22.7 Å². The Morgan fingerprint density at radius 2 is 1.81 bits per heavy atom. The second kappa shape index (κ2) is 8.86. The molecule has 26 heavy (non-hydrogen) atoms. The minimum atomic E-state index is -0.570. The smallest absolute Gasteiger partial charge is 0.269 e. The SMILES string of the molecule is CC(Sc1ccc([N+](=O)[O-])cc1)C(=O)Nc1ccc(OCC(N)=O)cc1. The lowest BCUT2D eigenvalue weighted by Crippen LogP contribution is -2.22. The Balaban J connectivity index is 1.89. The Morgan fingerprint density at radius 3 is 2.35 bits per heavy atom. The molecule has 2 amide bonds. The van der Waals surface area contributed by atoms with Gasteiger partial charge in [-0.2, -0.15) is 0 Å². The van der Waals surface area contributed by atoms with Crippen molar-refractivity contribution in [1.29, 1.82) is 0 Å². The highest BCUT2D eigenvalue weighted by Crippen LogP contribution is 2.26. The molecular formula is C17H17N3O5S. The molecule has 0 radical (unpaired) electrons. The molecule has 8 nitrogen and oxygen atoms in total. The van der Waals surface area contributed by atoms with Crippen LogP contribution in [0.25, 0.3) is 0 Å². The molecule has 0 saturated carbocycles. The molecule has 0 heterocycles. The zero-order valence-electron chi connectivity index (χ0n) is 13.9. The van der Waals surface area contributed by atoms with Crippen molar-refractivity contribution < 1.29 is 19.2 Å². The third-order valence-electron chi connectivity index (χ3n) is 3.23. The summed E-state index contributed by atoms with van der Waals surface area (Å²) in [6.45, 7) is 1.53. The molecule has 3 N–H and O–H groups in total. The molecule has 0 spiro atoms. The van der Waals surface area contributed by atoms with Crippen molar-refractivity contribution in [2.24, 2.45) is 5.73 Å². The first-order chi connectivity index (χ1) is 12.3. The first-order valence-corrected chi connectivity index (χ1v) is 8.46. The van der Waals surface area contributed by atoms with Crippen molar-refractivity contribution in [3.63, 3.8) is 0 Å². The topological polar surface area (TPSA) is 125 Å². The minimum Gasteiger partial charge on any atom is -0.484 e. The fourth-order valence-corrected chi connectivity index (χ4v) is 2.80. The Labute approximate surface area is 153 Å². The first-order valence-electron chi connectivity index (χ1n) is 7.58. The molecule has 0 bridgehead atoms. The van der Waals surface area contributed by atoms with Crippen LogP contribution in [-0.4, -0.2) is 28.6 Å². The van der Waals surface area contributed by atoms with E-state index in [-0.39, 0.29) is 18.2 Å². The largest absolute Gasteiger partial charge is 0.484 e. The van der Waals surface area contributed by atoms with Crippen molar-refractivity contribution in [3.05, 3.63) is 58.6 Å². The highest BCUT2D eigenvalue weighted by molar-refractivity contribution is 8.00. The van der Waals surface area contributed by atoms with Crippen molar-refractivity contribution in [2.45, 2.75) is 17.1 Å². The highest BCUT2D eigenvalue weighted by Gasteiger charge is 2.15. The van der Waals surface area contributed by atoms with Crippen LogP contribution < -0.4 is 15.8 Å². The summed E-state index contributed by atoms with van der Waals surface area (Å²) >= 11 is 1.30. The zero-order chi connectivity index (χ0) is 19.1. The van der Waals surface area contributed by atoms with Crippen molar-refractivity contribution in [1.82, 2.24) is 0 Å². The van der Waals surface area contributed by atoms with Crippen molar-refractivity contribution in [3.8, 4) is 5.75 Å². The zero-order valence-corrected chi connectivity index (χ0v) is 14.7. The summed E-state index contributed by atoms with van der Waals surface area (Å²) in [4.78, 5) is 33.9. The molecule has 136 valence electrons. The van der Waals surface area contributed by atoms with E-state index in [4.69, 9.17) is 10.5 Å². The number of nitro benzene ring substituents is 1. The molecule has 1 unspecified atom stereocenters. The molecule has 0 aliphatic heterocycles.